The fraction of sp³-hybridized carbons (Fsp3) is 0.538. The molecule has 1 aromatic rings. The molecule has 1 aromatic carbocycles. The van der Waals surface area contributed by atoms with Crippen LogP contribution >= 0.6 is 0 Å². The van der Waals surface area contributed by atoms with Crippen LogP contribution in [-0.4, -0.2) is 45.5 Å². The smallest absolute Gasteiger partial charge is 0.243 e. The maximum atomic E-state index is 12.7. The Hall–Kier alpha value is -1.11. The van der Waals surface area contributed by atoms with Crippen molar-refractivity contribution in [2.75, 3.05) is 26.7 Å². The average molecular weight is 284 g/mol. The summed E-state index contributed by atoms with van der Waals surface area (Å²) in [6.45, 7) is 3.94. The fourth-order valence-electron chi connectivity index (χ4n) is 2.41. The molecule has 6 heteroatoms. The van der Waals surface area contributed by atoms with Crippen molar-refractivity contribution in [1.82, 2.24) is 9.62 Å². The number of benzene rings is 1. The molecule has 0 aliphatic carbocycles. The summed E-state index contributed by atoms with van der Waals surface area (Å²) < 4.78 is 32.0. The fourth-order valence-corrected chi connectivity index (χ4v) is 4.11. The molecule has 2 rings (SSSR count). The first-order chi connectivity index (χ1) is 9.09. The standard InChI is InChI=1S/C13H20N2O3S/c1-3-15(11-7-8-14-10-11)19(16,17)13-6-4-5-12(9-13)18-2/h4-6,9,11,14H,3,7-8,10H2,1-2H3. The second-order valence-corrected chi connectivity index (χ2v) is 6.42. The first kappa shape index (κ1) is 14.3. The monoisotopic (exact) mass is 284 g/mol. The lowest BCUT2D eigenvalue weighted by Crippen LogP contribution is -2.41. The van der Waals surface area contributed by atoms with E-state index >= 15 is 0 Å². The van der Waals surface area contributed by atoms with Crippen molar-refractivity contribution in [3.63, 3.8) is 0 Å². The van der Waals surface area contributed by atoms with Crippen molar-refractivity contribution < 1.29 is 13.2 Å². The molecular weight excluding hydrogens is 264 g/mol. The van der Waals surface area contributed by atoms with E-state index in [0.29, 0.717) is 17.2 Å². The van der Waals surface area contributed by atoms with Crippen LogP contribution in [0.5, 0.6) is 5.75 Å². The summed E-state index contributed by atoms with van der Waals surface area (Å²) in [7, 11) is -1.92. The van der Waals surface area contributed by atoms with Gasteiger partial charge in [0.05, 0.1) is 12.0 Å². The largest absolute Gasteiger partial charge is 0.497 e. The number of nitrogens with one attached hydrogen (secondary N) is 1. The number of likely N-dealkylation sites (N-methyl/N-ethyl adjacent to an activating group) is 1. The molecule has 0 aromatic heterocycles. The van der Waals surface area contributed by atoms with Crippen LogP contribution < -0.4 is 10.1 Å². The van der Waals surface area contributed by atoms with E-state index in [1.165, 1.54) is 7.11 Å². The van der Waals surface area contributed by atoms with Crippen LogP contribution in [0.3, 0.4) is 0 Å². The summed E-state index contributed by atoms with van der Waals surface area (Å²) in [5.74, 6) is 0.557. The molecule has 1 saturated heterocycles. The van der Waals surface area contributed by atoms with Crippen molar-refractivity contribution >= 4 is 10.0 Å². The highest BCUT2D eigenvalue weighted by Crippen LogP contribution is 2.23. The second kappa shape index (κ2) is 5.90. The van der Waals surface area contributed by atoms with Crippen molar-refractivity contribution in [1.29, 1.82) is 0 Å². The lowest BCUT2D eigenvalue weighted by molar-refractivity contribution is 0.348. The van der Waals surface area contributed by atoms with Crippen molar-refractivity contribution in [3.05, 3.63) is 24.3 Å². The maximum Gasteiger partial charge on any atom is 0.243 e. The van der Waals surface area contributed by atoms with Crippen LogP contribution in [0.15, 0.2) is 29.2 Å². The molecule has 5 nitrogen and oxygen atoms in total. The van der Waals surface area contributed by atoms with Crippen LogP contribution in [0, 0.1) is 0 Å². The Morgan fingerprint density at radius 3 is 2.84 bits per heavy atom. The van der Waals surface area contributed by atoms with Crippen LogP contribution in [0.1, 0.15) is 13.3 Å². The summed E-state index contributed by atoms with van der Waals surface area (Å²) in [5, 5.41) is 3.20. The highest BCUT2D eigenvalue weighted by Gasteiger charge is 2.32. The molecule has 1 aliphatic heterocycles. The predicted molar refractivity (Wildman–Crippen MR) is 73.8 cm³/mol. The van der Waals surface area contributed by atoms with Gasteiger partial charge in [0.15, 0.2) is 0 Å². The third kappa shape index (κ3) is 2.91. The van der Waals surface area contributed by atoms with Gasteiger partial charge in [-0.3, -0.25) is 0 Å². The van der Waals surface area contributed by atoms with E-state index in [1.807, 2.05) is 6.92 Å². The minimum Gasteiger partial charge on any atom is -0.497 e. The molecule has 106 valence electrons. The third-order valence-electron chi connectivity index (χ3n) is 3.40. The topological polar surface area (TPSA) is 58.6 Å². The third-order valence-corrected chi connectivity index (χ3v) is 5.42. The molecule has 1 aliphatic rings. The van der Waals surface area contributed by atoms with E-state index < -0.39 is 10.0 Å². The molecule has 1 heterocycles. The van der Waals surface area contributed by atoms with Crippen LogP contribution in [0.25, 0.3) is 0 Å². The van der Waals surface area contributed by atoms with E-state index in [1.54, 1.807) is 28.6 Å². The van der Waals surface area contributed by atoms with Crippen molar-refractivity contribution in [3.8, 4) is 5.75 Å². The van der Waals surface area contributed by atoms with Gasteiger partial charge in [-0.1, -0.05) is 13.0 Å². The number of rotatable bonds is 5. The Kier molecular flexibility index (Phi) is 4.44. The minimum absolute atomic E-state index is 0.0428. The van der Waals surface area contributed by atoms with E-state index in [2.05, 4.69) is 5.32 Å². The Bertz CT molecular complexity index is 524. The number of sulfonamides is 1. The summed E-state index contributed by atoms with van der Waals surface area (Å²) in [6, 6.07) is 6.67. The molecule has 0 bridgehead atoms. The van der Waals surface area contributed by atoms with Crippen LogP contribution in [0.4, 0.5) is 0 Å². The Balaban J connectivity index is 2.33. The Morgan fingerprint density at radius 1 is 1.47 bits per heavy atom. The number of ether oxygens (including phenoxy) is 1. The summed E-state index contributed by atoms with van der Waals surface area (Å²) in [5.41, 5.74) is 0. The van der Waals surface area contributed by atoms with Gasteiger partial charge in [-0.15, -0.1) is 0 Å². The lowest BCUT2D eigenvalue weighted by Gasteiger charge is -2.26. The molecule has 1 unspecified atom stereocenters. The van der Waals surface area contributed by atoms with E-state index in [0.717, 1.165) is 19.5 Å². The molecule has 0 radical (unpaired) electrons. The molecule has 19 heavy (non-hydrogen) atoms. The predicted octanol–water partition coefficient (Wildman–Crippen LogP) is 1.07. The number of hydrogen-bond acceptors (Lipinski definition) is 4. The van der Waals surface area contributed by atoms with Gasteiger partial charge in [0, 0.05) is 25.2 Å². The summed E-state index contributed by atoms with van der Waals surface area (Å²) in [4.78, 5) is 0.292. The number of methoxy groups -OCH3 is 1. The normalized spacial score (nSPS) is 19.8. The minimum atomic E-state index is -3.45. The van der Waals surface area contributed by atoms with E-state index in [9.17, 15) is 8.42 Å². The van der Waals surface area contributed by atoms with Crippen molar-refractivity contribution in [2.45, 2.75) is 24.3 Å². The van der Waals surface area contributed by atoms with Crippen LogP contribution in [0.2, 0.25) is 0 Å². The van der Waals surface area contributed by atoms with Gasteiger partial charge in [-0.2, -0.15) is 4.31 Å². The zero-order valence-corrected chi connectivity index (χ0v) is 12.1. The van der Waals surface area contributed by atoms with Gasteiger partial charge in [0.25, 0.3) is 0 Å². The van der Waals surface area contributed by atoms with Gasteiger partial charge in [-0.25, -0.2) is 8.42 Å². The first-order valence-electron chi connectivity index (χ1n) is 6.46. The first-order valence-corrected chi connectivity index (χ1v) is 7.90. The van der Waals surface area contributed by atoms with Gasteiger partial charge in [-0.05, 0) is 25.1 Å². The van der Waals surface area contributed by atoms with E-state index in [-0.39, 0.29) is 6.04 Å². The molecule has 0 saturated carbocycles. The van der Waals surface area contributed by atoms with Gasteiger partial charge < -0.3 is 10.1 Å². The quantitative estimate of drug-likeness (QED) is 0.878. The molecule has 0 spiro atoms. The van der Waals surface area contributed by atoms with Crippen molar-refractivity contribution in [2.24, 2.45) is 0 Å². The molecular formula is C13H20N2O3S. The van der Waals surface area contributed by atoms with Crippen LogP contribution in [-0.2, 0) is 10.0 Å². The van der Waals surface area contributed by atoms with Gasteiger partial charge in [0.1, 0.15) is 5.75 Å². The number of nitrogens with zero attached hydrogens (tertiary/aromatic N) is 1. The zero-order chi connectivity index (χ0) is 13.9. The van der Waals surface area contributed by atoms with Gasteiger partial charge in [0.2, 0.25) is 10.0 Å². The molecule has 1 fully saturated rings. The summed E-state index contributed by atoms with van der Waals surface area (Å²) in [6.07, 6.45) is 0.858. The maximum absolute atomic E-state index is 12.7. The summed E-state index contributed by atoms with van der Waals surface area (Å²) >= 11 is 0. The Labute approximate surface area is 114 Å². The molecule has 0 amide bonds. The zero-order valence-electron chi connectivity index (χ0n) is 11.3. The molecule has 1 atom stereocenters. The number of hydrogen-bond donors (Lipinski definition) is 1. The Morgan fingerprint density at radius 2 is 2.26 bits per heavy atom. The highest BCUT2D eigenvalue weighted by atomic mass is 32.2. The van der Waals surface area contributed by atoms with Gasteiger partial charge >= 0.3 is 0 Å². The SMILES string of the molecule is CCN(C1CCNC1)S(=O)(=O)c1cccc(OC)c1. The average Bonchev–Trinajstić information content (AvgIpc) is 2.93. The lowest BCUT2D eigenvalue weighted by atomic mass is 10.3. The highest BCUT2D eigenvalue weighted by molar-refractivity contribution is 7.89. The second-order valence-electron chi connectivity index (χ2n) is 4.53. The van der Waals surface area contributed by atoms with E-state index in [4.69, 9.17) is 4.74 Å². The molecule has 1 N–H and O–H groups in total.